The first-order valence-corrected chi connectivity index (χ1v) is 7.62. The number of amides is 2. The van der Waals surface area contributed by atoms with Crippen LogP contribution in [0, 0.1) is 10.1 Å². The Morgan fingerprint density at radius 3 is 2.54 bits per heavy atom. The third-order valence-electron chi connectivity index (χ3n) is 3.36. The van der Waals surface area contributed by atoms with Crippen LogP contribution in [0.2, 0.25) is 0 Å². The Bertz CT molecular complexity index is 831. The van der Waals surface area contributed by atoms with Gasteiger partial charge in [0.1, 0.15) is 5.75 Å². The van der Waals surface area contributed by atoms with Crippen molar-refractivity contribution >= 4 is 23.6 Å². The van der Waals surface area contributed by atoms with E-state index in [1.54, 1.807) is 37.4 Å². The van der Waals surface area contributed by atoms with Crippen molar-refractivity contribution in [3.8, 4) is 5.75 Å². The molecule has 2 rings (SSSR count). The molecule has 0 fully saturated rings. The molecule has 2 amide bonds. The third-order valence-corrected chi connectivity index (χ3v) is 3.36. The number of nitrogens with zero attached hydrogens (tertiary/aromatic N) is 1. The molecule has 8 nitrogen and oxygen atoms in total. The Hall–Kier alpha value is -3.68. The second-order valence-electron chi connectivity index (χ2n) is 5.25. The summed E-state index contributed by atoms with van der Waals surface area (Å²) in [4.78, 5) is 33.7. The first kappa shape index (κ1) is 18.7. The molecular weight excluding hydrogens is 338 g/mol. The lowest BCUT2D eigenvalue weighted by Gasteiger charge is -2.06. The second kappa shape index (κ2) is 8.97. The summed E-state index contributed by atoms with van der Waals surface area (Å²) in [5, 5.41) is 10.7. The molecule has 0 spiro atoms. The number of hydrogen-bond acceptors (Lipinski definition) is 5. The topological polar surface area (TPSA) is 111 Å². The number of methoxy groups -OCH3 is 1. The van der Waals surface area contributed by atoms with Crippen LogP contribution in [0.3, 0.4) is 0 Å². The smallest absolute Gasteiger partial charge is 0.270 e. The van der Waals surface area contributed by atoms with Gasteiger partial charge in [-0.2, -0.15) is 0 Å². The van der Waals surface area contributed by atoms with E-state index in [1.165, 1.54) is 30.4 Å². The summed E-state index contributed by atoms with van der Waals surface area (Å²) in [6, 6.07) is 12.8. The number of hydrazine groups is 1. The van der Waals surface area contributed by atoms with Gasteiger partial charge in [-0.3, -0.25) is 30.6 Å². The molecule has 0 heterocycles. The molecule has 134 valence electrons. The molecule has 0 radical (unpaired) electrons. The van der Waals surface area contributed by atoms with Gasteiger partial charge in [-0.25, -0.2) is 0 Å². The van der Waals surface area contributed by atoms with Gasteiger partial charge in [0.2, 0.25) is 5.91 Å². The summed E-state index contributed by atoms with van der Waals surface area (Å²) in [6.45, 7) is 0. The highest BCUT2D eigenvalue weighted by Gasteiger charge is 2.06. The zero-order valence-electron chi connectivity index (χ0n) is 14.0. The zero-order chi connectivity index (χ0) is 18.9. The molecule has 0 saturated heterocycles. The standard InChI is InChI=1S/C18H17N3O5/c1-26-16-8-5-14(6-9-16)12-18(23)20-19-17(22)10-7-13-3-2-4-15(11-13)21(24)25/h2-11H,12H2,1H3,(H,19,22)(H,20,23)/b10-7+. The number of nitrogens with one attached hydrogen (secondary N) is 2. The Kier molecular flexibility index (Phi) is 6.44. The van der Waals surface area contributed by atoms with Crippen LogP contribution in [-0.2, 0) is 16.0 Å². The van der Waals surface area contributed by atoms with E-state index in [0.717, 1.165) is 5.56 Å². The minimum Gasteiger partial charge on any atom is -0.497 e. The van der Waals surface area contributed by atoms with Gasteiger partial charge in [0.25, 0.3) is 11.6 Å². The van der Waals surface area contributed by atoms with Crippen molar-refractivity contribution in [3.05, 3.63) is 75.8 Å². The van der Waals surface area contributed by atoms with Crippen molar-refractivity contribution < 1.29 is 19.2 Å². The van der Waals surface area contributed by atoms with Gasteiger partial charge in [-0.15, -0.1) is 0 Å². The molecule has 26 heavy (non-hydrogen) atoms. The van der Waals surface area contributed by atoms with Crippen LogP contribution in [0.15, 0.2) is 54.6 Å². The van der Waals surface area contributed by atoms with Gasteiger partial charge in [0, 0.05) is 18.2 Å². The number of non-ortho nitro benzene ring substituents is 1. The van der Waals surface area contributed by atoms with E-state index in [1.807, 2.05) is 0 Å². The highest BCUT2D eigenvalue weighted by atomic mass is 16.6. The van der Waals surface area contributed by atoms with Crippen LogP contribution >= 0.6 is 0 Å². The Balaban J connectivity index is 1.82. The van der Waals surface area contributed by atoms with Crippen LogP contribution < -0.4 is 15.6 Å². The third kappa shape index (κ3) is 5.75. The van der Waals surface area contributed by atoms with E-state index < -0.39 is 10.8 Å². The SMILES string of the molecule is COc1ccc(CC(=O)NNC(=O)/C=C/c2cccc([N+](=O)[O-])c2)cc1. The lowest BCUT2D eigenvalue weighted by atomic mass is 10.1. The molecule has 0 bridgehead atoms. The number of hydrogen-bond donors (Lipinski definition) is 2. The van der Waals surface area contributed by atoms with Gasteiger partial charge in [-0.05, 0) is 29.3 Å². The van der Waals surface area contributed by atoms with Gasteiger partial charge in [-0.1, -0.05) is 24.3 Å². The maximum absolute atomic E-state index is 11.8. The van der Waals surface area contributed by atoms with E-state index in [-0.39, 0.29) is 18.0 Å². The second-order valence-corrected chi connectivity index (χ2v) is 5.25. The molecule has 8 heteroatoms. The number of carbonyl (C=O) groups excluding carboxylic acids is 2. The average molecular weight is 355 g/mol. The largest absolute Gasteiger partial charge is 0.497 e. The predicted molar refractivity (Wildman–Crippen MR) is 95.1 cm³/mol. The summed E-state index contributed by atoms with van der Waals surface area (Å²) in [7, 11) is 1.55. The van der Waals surface area contributed by atoms with Crippen molar-refractivity contribution in [2.45, 2.75) is 6.42 Å². The van der Waals surface area contributed by atoms with Crippen LogP contribution in [0.4, 0.5) is 5.69 Å². The molecule has 2 aromatic rings. The maximum atomic E-state index is 11.8. The van der Waals surface area contributed by atoms with Crippen molar-refractivity contribution in [2.75, 3.05) is 7.11 Å². The quantitative estimate of drug-likeness (QED) is 0.468. The minimum atomic E-state index is -0.556. The fraction of sp³-hybridized carbons (Fsp3) is 0.111. The number of nitro groups is 1. The van der Waals surface area contributed by atoms with E-state index in [2.05, 4.69) is 10.9 Å². The molecule has 0 aliphatic heterocycles. The minimum absolute atomic E-state index is 0.0691. The highest BCUT2D eigenvalue weighted by molar-refractivity contribution is 5.93. The fourth-order valence-electron chi connectivity index (χ4n) is 2.06. The zero-order valence-corrected chi connectivity index (χ0v) is 14.0. The summed E-state index contributed by atoms with van der Waals surface area (Å²) in [5.74, 6) is -0.249. The molecule has 0 saturated carbocycles. The summed E-state index contributed by atoms with van der Waals surface area (Å²) >= 11 is 0. The number of carbonyl (C=O) groups is 2. The first-order valence-electron chi connectivity index (χ1n) is 7.62. The molecule has 2 N–H and O–H groups in total. The van der Waals surface area contributed by atoms with Crippen molar-refractivity contribution in [3.63, 3.8) is 0 Å². The van der Waals surface area contributed by atoms with Gasteiger partial charge >= 0.3 is 0 Å². The van der Waals surface area contributed by atoms with Gasteiger partial charge in [0.15, 0.2) is 0 Å². The van der Waals surface area contributed by atoms with Gasteiger partial charge in [0.05, 0.1) is 18.5 Å². The van der Waals surface area contributed by atoms with E-state index in [9.17, 15) is 19.7 Å². The Morgan fingerprint density at radius 1 is 1.15 bits per heavy atom. The molecule has 0 aliphatic rings. The first-order chi connectivity index (χ1) is 12.5. The summed E-state index contributed by atoms with van der Waals surface area (Å²) in [6.07, 6.45) is 2.68. The molecule has 2 aromatic carbocycles. The normalized spacial score (nSPS) is 10.3. The van der Waals surface area contributed by atoms with E-state index in [0.29, 0.717) is 11.3 Å². The van der Waals surface area contributed by atoms with Crippen LogP contribution in [0.1, 0.15) is 11.1 Å². The van der Waals surface area contributed by atoms with Crippen molar-refractivity contribution in [1.82, 2.24) is 10.9 Å². The summed E-state index contributed by atoms with van der Waals surface area (Å²) in [5.41, 5.74) is 5.74. The number of nitro benzene ring substituents is 1. The van der Waals surface area contributed by atoms with E-state index >= 15 is 0 Å². The fourth-order valence-corrected chi connectivity index (χ4v) is 2.06. The van der Waals surface area contributed by atoms with Gasteiger partial charge < -0.3 is 4.74 Å². The Labute approximate surface area is 149 Å². The Morgan fingerprint density at radius 2 is 1.88 bits per heavy atom. The lowest BCUT2D eigenvalue weighted by Crippen LogP contribution is -2.41. The van der Waals surface area contributed by atoms with Crippen LogP contribution in [0.5, 0.6) is 5.75 Å². The molecule has 0 aromatic heterocycles. The maximum Gasteiger partial charge on any atom is 0.270 e. The van der Waals surface area contributed by atoms with E-state index in [4.69, 9.17) is 4.74 Å². The van der Waals surface area contributed by atoms with Crippen molar-refractivity contribution in [1.29, 1.82) is 0 Å². The number of benzene rings is 2. The van der Waals surface area contributed by atoms with Crippen LogP contribution in [-0.4, -0.2) is 23.8 Å². The lowest BCUT2D eigenvalue weighted by molar-refractivity contribution is -0.384. The number of rotatable bonds is 6. The van der Waals surface area contributed by atoms with Crippen molar-refractivity contribution in [2.24, 2.45) is 0 Å². The molecule has 0 atom stereocenters. The highest BCUT2D eigenvalue weighted by Crippen LogP contribution is 2.14. The average Bonchev–Trinajstić information content (AvgIpc) is 2.65. The molecule has 0 aliphatic carbocycles. The number of ether oxygens (including phenoxy) is 1. The summed E-state index contributed by atoms with van der Waals surface area (Å²) < 4.78 is 5.03. The molecular formula is C18H17N3O5. The van der Waals surface area contributed by atoms with Crippen LogP contribution in [0.25, 0.3) is 6.08 Å². The molecule has 0 unspecified atom stereocenters. The monoisotopic (exact) mass is 355 g/mol. The predicted octanol–water partition coefficient (Wildman–Crippen LogP) is 2.01.